The fourth-order valence-corrected chi connectivity index (χ4v) is 5.85. The Hall–Kier alpha value is -4.31. The molecule has 2 unspecified atom stereocenters. The van der Waals surface area contributed by atoms with Gasteiger partial charge in [-0.15, -0.1) is 0 Å². The highest BCUT2D eigenvalue weighted by molar-refractivity contribution is 5.99. The molecule has 3 aromatic heterocycles. The Morgan fingerprint density at radius 1 is 1.08 bits per heavy atom. The number of phenolic OH excluding ortho intramolecular Hbond substituents is 1. The molecule has 39 heavy (non-hydrogen) atoms. The predicted molar refractivity (Wildman–Crippen MR) is 147 cm³/mol. The van der Waals surface area contributed by atoms with Gasteiger partial charge in [-0.1, -0.05) is 24.3 Å². The first kappa shape index (κ1) is 23.8. The first-order valence-electron chi connectivity index (χ1n) is 13.2. The molecule has 0 radical (unpaired) electrons. The SMILES string of the molecule is Cc1nccn1CCOc1nc(N2CC3CCC(C2)N3)c2cnc(-c3cc(O)cc4ccccc34)c(F)c2n1. The van der Waals surface area contributed by atoms with Gasteiger partial charge in [-0.05, 0) is 42.7 Å². The quantitative estimate of drug-likeness (QED) is 0.340. The van der Waals surface area contributed by atoms with Crippen molar-refractivity contribution < 1.29 is 14.2 Å². The molecular weight excluding hydrogens is 497 g/mol. The van der Waals surface area contributed by atoms with Crippen LogP contribution in [0.2, 0.25) is 0 Å². The summed E-state index contributed by atoms with van der Waals surface area (Å²) in [7, 11) is 0. The lowest BCUT2D eigenvalue weighted by molar-refractivity contribution is 0.275. The third-order valence-electron chi connectivity index (χ3n) is 7.75. The standard InChI is InChI=1S/C29H28FN7O2/c1-17-31-8-9-36(17)10-11-39-29-34-27-24(28(35-29)37-15-19-6-7-20(16-37)33-19)14-32-26(25(27)30)23-13-21(38)12-18-4-2-3-5-22(18)23/h2-5,8-9,12-14,19-20,33,38H,6-7,10-11,15-16H2,1H3. The number of hydrogen-bond donors (Lipinski definition) is 2. The van der Waals surface area contributed by atoms with E-state index in [9.17, 15) is 5.11 Å². The molecule has 5 heterocycles. The van der Waals surface area contributed by atoms with Gasteiger partial charge in [0.1, 0.15) is 35.2 Å². The fraction of sp³-hybridized carbons (Fsp3) is 0.310. The molecule has 10 heteroatoms. The van der Waals surface area contributed by atoms with Gasteiger partial charge >= 0.3 is 6.01 Å². The second kappa shape index (κ2) is 9.46. The van der Waals surface area contributed by atoms with Gasteiger partial charge in [0.25, 0.3) is 0 Å². The summed E-state index contributed by atoms with van der Waals surface area (Å²) in [5.74, 6) is 0.991. The molecule has 5 aromatic rings. The average molecular weight is 526 g/mol. The molecule has 2 bridgehead atoms. The number of piperazine rings is 1. The molecule has 2 atom stereocenters. The number of ether oxygens (including phenoxy) is 1. The highest BCUT2D eigenvalue weighted by Crippen LogP contribution is 2.37. The Balaban J connectivity index is 1.33. The monoisotopic (exact) mass is 525 g/mol. The van der Waals surface area contributed by atoms with Crippen molar-refractivity contribution >= 4 is 27.5 Å². The minimum atomic E-state index is -0.569. The fourth-order valence-electron chi connectivity index (χ4n) is 5.85. The van der Waals surface area contributed by atoms with Crippen LogP contribution in [0.1, 0.15) is 18.7 Å². The number of halogens is 1. The van der Waals surface area contributed by atoms with Crippen LogP contribution in [0.5, 0.6) is 11.8 Å². The Labute approximate surface area is 224 Å². The van der Waals surface area contributed by atoms with E-state index in [-0.39, 0.29) is 23.0 Å². The largest absolute Gasteiger partial charge is 0.508 e. The Morgan fingerprint density at radius 3 is 2.69 bits per heavy atom. The number of anilines is 1. The summed E-state index contributed by atoms with van der Waals surface area (Å²) in [6, 6.07) is 11.6. The van der Waals surface area contributed by atoms with Gasteiger partial charge < -0.3 is 24.6 Å². The molecule has 2 saturated heterocycles. The van der Waals surface area contributed by atoms with Gasteiger partial charge in [0, 0.05) is 49.3 Å². The van der Waals surface area contributed by atoms with E-state index in [0.29, 0.717) is 42.0 Å². The van der Waals surface area contributed by atoms with Crippen LogP contribution in [0.4, 0.5) is 10.2 Å². The van der Waals surface area contributed by atoms with E-state index < -0.39 is 5.82 Å². The molecule has 2 aromatic carbocycles. The number of rotatable bonds is 6. The van der Waals surface area contributed by atoms with E-state index in [1.807, 2.05) is 42.0 Å². The summed E-state index contributed by atoms with van der Waals surface area (Å²) in [4.78, 5) is 20.3. The van der Waals surface area contributed by atoms with E-state index in [2.05, 4.69) is 25.2 Å². The second-order valence-corrected chi connectivity index (χ2v) is 10.3. The number of aromatic nitrogens is 5. The summed E-state index contributed by atoms with van der Waals surface area (Å²) >= 11 is 0. The molecule has 2 fully saturated rings. The van der Waals surface area contributed by atoms with Crippen LogP contribution < -0.4 is 15.0 Å². The normalized spacial score (nSPS) is 18.8. The highest BCUT2D eigenvalue weighted by Gasteiger charge is 2.34. The predicted octanol–water partition coefficient (Wildman–Crippen LogP) is 4.21. The zero-order chi connectivity index (χ0) is 26.5. The third kappa shape index (κ3) is 4.30. The Morgan fingerprint density at radius 2 is 1.90 bits per heavy atom. The van der Waals surface area contributed by atoms with Crippen LogP contribution in [-0.2, 0) is 6.54 Å². The van der Waals surface area contributed by atoms with Crippen molar-refractivity contribution in [1.82, 2.24) is 29.8 Å². The summed E-state index contributed by atoms with van der Waals surface area (Å²) in [6.07, 6.45) is 7.50. The van der Waals surface area contributed by atoms with Crippen LogP contribution in [0.3, 0.4) is 0 Å². The van der Waals surface area contributed by atoms with Gasteiger partial charge in [0.05, 0.1) is 11.9 Å². The summed E-state index contributed by atoms with van der Waals surface area (Å²) < 4.78 is 24.3. The van der Waals surface area contributed by atoms with Gasteiger partial charge in [0.15, 0.2) is 5.82 Å². The number of nitrogens with zero attached hydrogens (tertiary/aromatic N) is 6. The van der Waals surface area contributed by atoms with Gasteiger partial charge in [-0.2, -0.15) is 9.97 Å². The number of hydrogen-bond acceptors (Lipinski definition) is 8. The molecular formula is C29H28FN7O2. The molecule has 0 spiro atoms. The van der Waals surface area contributed by atoms with Gasteiger partial charge in [-0.25, -0.2) is 9.37 Å². The lowest BCUT2D eigenvalue weighted by Gasteiger charge is -2.34. The van der Waals surface area contributed by atoms with Crippen molar-refractivity contribution in [3.63, 3.8) is 0 Å². The number of pyridine rings is 1. The van der Waals surface area contributed by atoms with Crippen LogP contribution in [0, 0.1) is 12.7 Å². The minimum Gasteiger partial charge on any atom is -0.508 e. The maximum absolute atomic E-state index is 16.4. The Bertz CT molecular complexity index is 1690. The average Bonchev–Trinajstić information content (AvgIpc) is 3.51. The number of aryl methyl sites for hydroxylation is 1. The molecule has 7 rings (SSSR count). The molecule has 0 saturated carbocycles. The maximum atomic E-state index is 16.4. The minimum absolute atomic E-state index is 0.0449. The van der Waals surface area contributed by atoms with Crippen LogP contribution >= 0.6 is 0 Å². The van der Waals surface area contributed by atoms with Crippen LogP contribution in [0.25, 0.3) is 32.9 Å². The summed E-state index contributed by atoms with van der Waals surface area (Å²) in [5, 5.41) is 16.1. The maximum Gasteiger partial charge on any atom is 0.319 e. The van der Waals surface area contributed by atoms with E-state index >= 15 is 4.39 Å². The summed E-state index contributed by atoms with van der Waals surface area (Å²) in [5.41, 5.74) is 0.778. The van der Waals surface area contributed by atoms with Crippen molar-refractivity contribution in [3.8, 4) is 23.0 Å². The van der Waals surface area contributed by atoms with Crippen LogP contribution in [0.15, 0.2) is 55.0 Å². The van der Waals surface area contributed by atoms with Gasteiger partial charge in [0.2, 0.25) is 0 Å². The molecule has 2 aliphatic heterocycles. The van der Waals surface area contributed by atoms with Crippen molar-refractivity contribution in [2.24, 2.45) is 0 Å². The van der Waals surface area contributed by atoms with Crippen molar-refractivity contribution in [3.05, 3.63) is 66.6 Å². The summed E-state index contributed by atoms with van der Waals surface area (Å²) in [6.45, 7) is 4.36. The number of phenols is 1. The Kier molecular flexibility index (Phi) is 5.77. The topological polar surface area (TPSA) is 101 Å². The van der Waals surface area contributed by atoms with Crippen molar-refractivity contribution in [2.45, 2.75) is 38.4 Å². The third-order valence-corrected chi connectivity index (χ3v) is 7.75. The number of fused-ring (bicyclic) bond motifs is 4. The van der Waals surface area contributed by atoms with Crippen molar-refractivity contribution in [2.75, 3.05) is 24.6 Å². The number of nitrogens with one attached hydrogen (secondary N) is 1. The zero-order valence-corrected chi connectivity index (χ0v) is 21.5. The molecule has 198 valence electrons. The molecule has 9 nitrogen and oxygen atoms in total. The smallest absolute Gasteiger partial charge is 0.319 e. The van der Waals surface area contributed by atoms with Gasteiger partial charge in [-0.3, -0.25) is 4.98 Å². The number of benzene rings is 2. The molecule has 2 N–H and O–H groups in total. The van der Waals surface area contributed by atoms with Crippen LogP contribution in [-0.4, -0.2) is 61.4 Å². The lowest BCUT2D eigenvalue weighted by atomic mass is 10.0. The van der Waals surface area contributed by atoms with E-state index in [1.54, 1.807) is 24.5 Å². The zero-order valence-electron chi connectivity index (χ0n) is 21.5. The van der Waals surface area contributed by atoms with Crippen molar-refractivity contribution in [1.29, 1.82) is 0 Å². The second-order valence-electron chi connectivity index (χ2n) is 10.3. The van der Waals surface area contributed by atoms with E-state index in [1.165, 1.54) is 0 Å². The highest BCUT2D eigenvalue weighted by atomic mass is 19.1. The number of aromatic hydroxyl groups is 1. The lowest BCUT2D eigenvalue weighted by Crippen LogP contribution is -2.51. The molecule has 0 aliphatic carbocycles. The molecule has 0 amide bonds. The van der Waals surface area contributed by atoms with E-state index in [0.717, 1.165) is 42.5 Å². The number of imidazole rings is 1. The molecule has 2 aliphatic rings. The van der Waals surface area contributed by atoms with E-state index in [4.69, 9.17) is 9.72 Å². The first-order valence-corrected chi connectivity index (χ1v) is 13.2. The first-order chi connectivity index (χ1) is 19.0.